The first kappa shape index (κ1) is 27.9. The standard InChI is InChI=1S/C31H29ClFN5O4/c1-19-13-24(42-36-19)16-38-28-14-21(31(39)40)6-8-27(28)34-29(38)17-37-11-9-20(10-12-37)26-3-2-4-30(35-26)41-18-22-5-7-23(32)15-25(22)33/h2-8,13-15,20H,9-12,16-18H2,1H3,(H,39,40). The molecule has 0 atom stereocenters. The molecular weight excluding hydrogens is 561 g/mol. The van der Waals surface area contributed by atoms with Gasteiger partial charge in [-0.2, -0.15) is 0 Å². The van der Waals surface area contributed by atoms with Gasteiger partial charge in [0, 0.05) is 34.3 Å². The molecule has 11 heteroatoms. The molecule has 1 fully saturated rings. The van der Waals surface area contributed by atoms with Crippen LogP contribution in [-0.2, 0) is 19.7 Å². The second-order valence-electron chi connectivity index (χ2n) is 10.5. The molecule has 3 aromatic heterocycles. The Labute approximate surface area is 246 Å². The number of aromatic nitrogens is 4. The number of carbonyl (C=O) groups is 1. The fourth-order valence-corrected chi connectivity index (χ4v) is 5.52. The minimum atomic E-state index is -0.982. The van der Waals surface area contributed by atoms with Crippen LogP contribution in [0.4, 0.5) is 4.39 Å². The van der Waals surface area contributed by atoms with Crippen LogP contribution in [0.3, 0.4) is 0 Å². The molecule has 2 aromatic carbocycles. The minimum Gasteiger partial charge on any atom is -0.478 e. The summed E-state index contributed by atoms with van der Waals surface area (Å²) >= 11 is 5.85. The van der Waals surface area contributed by atoms with Crippen molar-refractivity contribution in [3.63, 3.8) is 0 Å². The van der Waals surface area contributed by atoms with E-state index in [1.807, 2.05) is 29.7 Å². The van der Waals surface area contributed by atoms with E-state index < -0.39 is 11.8 Å². The van der Waals surface area contributed by atoms with E-state index in [-0.39, 0.29) is 18.1 Å². The number of rotatable bonds is 9. The molecule has 216 valence electrons. The van der Waals surface area contributed by atoms with Crippen LogP contribution >= 0.6 is 11.6 Å². The van der Waals surface area contributed by atoms with Crippen molar-refractivity contribution in [1.29, 1.82) is 0 Å². The lowest BCUT2D eigenvalue weighted by molar-refractivity contribution is 0.0697. The van der Waals surface area contributed by atoms with Crippen molar-refractivity contribution in [3.8, 4) is 5.88 Å². The number of likely N-dealkylation sites (tertiary alicyclic amines) is 1. The number of fused-ring (bicyclic) bond motifs is 1. The Balaban J connectivity index is 1.13. The third-order valence-electron chi connectivity index (χ3n) is 7.57. The highest BCUT2D eigenvalue weighted by atomic mass is 35.5. The first-order valence-corrected chi connectivity index (χ1v) is 14.1. The molecule has 1 aliphatic heterocycles. The van der Waals surface area contributed by atoms with E-state index in [0.717, 1.165) is 54.2 Å². The number of hydrogen-bond donors (Lipinski definition) is 1. The van der Waals surface area contributed by atoms with Gasteiger partial charge in [-0.05, 0) is 69.3 Å². The van der Waals surface area contributed by atoms with Gasteiger partial charge >= 0.3 is 5.97 Å². The normalized spacial score (nSPS) is 14.5. The SMILES string of the molecule is Cc1cc(Cn2c(CN3CCC(c4cccc(OCc5ccc(Cl)cc5F)n4)CC3)nc3ccc(C(=O)O)cc32)on1. The molecule has 0 radical (unpaired) electrons. The molecule has 0 saturated carbocycles. The Morgan fingerprint density at radius 1 is 1.10 bits per heavy atom. The van der Waals surface area contributed by atoms with Crippen LogP contribution in [0.15, 0.2) is 65.2 Å². The van der Waals surface area contributed by atoms with E-state index >= 15 is 0 Å². The highest BCUT2D eigenvalue weighted by molar-refractivity contribution is 6.30. The monoisotopic (exact) mass is 589 g/mol. The zero-order chi connectivity index (χ0) is 29.2. The highest BCUT2D eigenvalue weighted by Gasteiger charge is 2.24. The van der Waals surface area contributed by atoms with Gasteiger partial charge in [-0.3, -0.25) is 4.90 Å². The molecule has 9 nitrogen and oxygen atoms in total. The molecular formula is C31H29ClFN5O4. The zero-order valence-corrected chi connectivity index (χ0v) is 23.7. The van der Waals surface area contributed by atoms with Crippen LogP contribution < -0.4 is 4.74 Å². The lowest BCUT2D eigenvalue weighted by atomic mass is 9.93. The maximum absolute atomic E-state index is 14.1. The van der Waals surface area contributed by atoms with Gasteiger partial charge in [-0.1, -0.05) is 28.9 Å². The average Bonchev–Trinajstić information content (AvgIpc) is 3.55. The molecule has 4 heterocycles. The summed E-state index contributed by atoms with van der Waals surface area (Å²) < 4.78 is 27.4. The number of aromatic carboxylic acids is 1. The van der Waals surface area contributed by atoms with E-state index in [4.69, 9.17) is 30.8 Å². The molecule has 1 aliphatic rings. The fourth-order valence-electron chi connectivity index (χ4n) is 5.37. The average molecular weight is 590 g/mol. The van der Waals surface area contributed by atoms with Gasteiger partial charge < -0.3 is 18.9 Å². The van der Waals surface area contributed by atoms with E-state index in [9.17, 15) is 14.3 Å². The number of benzene rings is 2. The van der Waals surface area contributed by atoms with E-state index in [1.54, 1.807) is 36.4 Å². The number of piperidine rings is 1. The Bertz CT molecular complexity index is 1740. The first-order valence-electron chi connectivity index (χ1n) is 13.7. The van der Waals surface area contributed by atoms with Crippen LogP contribution in [0.25, 0.3) is 11.0 Å². The zero-order valence-electron chi connectivity index (χ0n) is 23.0. The number of carboxylic acid groups (broad SMARTS) is 1. The van der Waals surface area contributed by atoms with Gasteiger partial charge in [0.2, 0.25) is 5.88 Å². The van der Waals surface area contributed by atoms with Gasteiger partial charge in [-0.15, -0.1) is 0 Å². The van der Waals surface area contributed by atoms with Gasteiger partial charge in [0.05, 0.1) is 35.4 Å². The summed E-state index contributed by atoms with van der Waals surface area (Å²) in [6, 6.07) is 17.1. The smallest absolute Gasteiger partial charge is 0.335 e. The Morgan fingerprint density at radius 2 is 1.93 bits per heavy atom. The lowest BCUT2D eigenvalue weighted by Gasteiger charge is -2.31. The summed E-state index contributed by atoms with van der Waals surface area (Å²) in [5.74, 6) is 0.858. The van der Waals surface area contributed by atoms with E-state index in [0.29, 0.717) is 35.3 Å². The Kier molecular flexibility index (Phi) is 7.90. The first-order chi connectivity index (χ1) is 20.3. The Morgan fingerprint density at radius 3 is 2.67 bits per heavy atom. The van der Waals surface area contributed by atoms with Crippen molar-refractivity contribution < 1.29 is 23.6 Å². The molecule has 5 aromatic rings. The van der Waals surface area contributed by atoms with Gasteiger partial charge in [0.1, 0.15) is 18.2 Å². The Hall–Kier alpha value is -4.28. The number of halogens is 2. The maximum Gasteiger partial charge on any atom is 0.335 e. The number of hydrogen-bond acceptors (Lipinski definition) is 7. The number of aryl methyl sites for hydroxylation is 1. The fraction of sp³-hybridized carbons (Fsp3) is 0.290. The summed E-state index contributed by atoms with van der Waals surface area (Å²) in [6.45, 7) is 4.64. The molecule has 6 rings (SSSR count). The second-order valence-corrected chi connectivity index (χ2v) is 11.0. The second kappa shape index (κ2) is 11.9. The van der Waals surface area contributed by atoms with E-state index in [1.165, 1.54) is 6.07 Å². The number of pyridine rings is 1. The largest absolute Gasteiger partial charge is 0.478 e. The number of nitrogens with zero attached hydrogens (tertiary/aromatic N) is 5. The van der Waals surface area contributed by atoms with Crippen LogP contribution in [-0.4, -0.2) is 48.8 Å². The lowest BCUT2D eigenvalue weighted by Crippen LogP contribution is -2.33. The quantitative estimate of drug-likeness (QED) is 0.216. The third kappa shape index (κ3) is 6.14. The van der Waals surface area contributed by atoms with Crippen molar-refractivity contribution in [2.45, 2.75) is 45.4 Å². The van der Waals surface area contributed by atoms with Crippen LogP contribution in [0.5, 0.6) is 5.88 Å². The maximum atomic E-state index is 14.1. The molecule has 0 aliphatic carbocycles. The van der Waals surface area contributed by atoms with Gasteiger partial charge in [-0.25, -0.2) is 19.2 Å². The third-order valence-corrected chi connectivity index (χ3v) is 7.81. The molecule has 1 N–H and O–H groups in total. The van der Waals surface area contributed by atoms with Crippen LogP contribution in [0.2, 0.25) is 5.02 Å². The number of carboxylic acids is 1. The minimum absolute atomic E-state index is 0.0699. The van der Waals surface area contributed by atoms with Crippen molar-refractivity contribution in [2.24, 2.45) is 0 Å². The molecule has 0 spiro atoms. The molecule has 42 heavy (non-hydrogen) atoms. The van der Waals surface area contributed by atoms with Crippen LogP contribution in [0, 0.1) is 12.7 Å². The summed E-state index contributed by atoms with van der Waals surface area (Å²) in [4.78, 5) is 23.6. The molecule has 0 amide bonds. The van der Waals surface area contributed by atoms with Gasteiger partial charge in [0.15, 0.2) is 5.76 Å². The predicted octanol–water partition coefficient (Wildman–Crippen LogP) is 6.23. The molecule has 0 bridgehead atoms. The van der Waals surface area contributed by atoms with Gasteiger partial charge in [0.25, 0.3) is 0 Å². The van der Waals surface area contributed by atoms with Crippen molar-refractivity contribution in [1.82, 2.24) is 24.6 Å². The van der Waals surface area contributed by atoms with Crippen LogP contribution in [0.1, 0.15) is 57.7 Å². The van der Waals surface area contributed by atoms with Crippen molar-refractivity contribution in [2.75, 3.05) is 13.1 Å². The molecule has 0 unspecified atom stereocenters. The predicted molar refractivity (Wildman–Crippen MR) is 154 cm³/mol. The molecule has 1 saturated heterocycles. The number of imidazole rings is 1. The van der Waals surface area contributed by atoms with Crippen molar-refractivity contribution >= 4 is 28.6 Å². The van der Waals surface area contributed by atoms with Crippen molar-refractivity contribution in [3.05, 3.63) is 106 Å². The summed E-state index contributed by atoms with van der Waals surface area (Å²) in [5.41, 5.74) is 3.85. The highest BCUT2D eigenvalue weighted by Crippen LogP contribution is 2.30. The topological polar surface area (TPSA) is 107 Å². The summed E-state index contributed by atoms with van der Waals surface area (Å²) in [7, 11) is 0. The summed E-state index contributed by atoms with van der Waals surface area (Å²) in [5, 5.41) is 13.9. The van der Waals surface area contributed by atoms with E-state index in [2.05, 4.69) is 10.1 Å². The summed E-state index contributed by atoms with van der Waals surface area (Å²) in [6.07, 6.45) is 1.82. The number of ether oxygens (including phenoxy) is 1.